The van der Waals surface area contributed by atoms with E-state index in [2.05, 4.69) is 36.3 Å². The molecule has 0 N–H and O–H groups in total. The van der Waals surface area contributed by atoms with E-state index in [9.17, 15) is 4.79 Å². The molecule has 0 bridgehead atoms. The molecule has 0 atom stereocenters. The number of Topliss-reactive ketones (excluding diaryl/α,β-unsaturated/α-hetero) is 1. The highest BCUT2D eigenvalue weighted by Crippen LogP contribution is 2.26. The molecule has 0 aliphatic rings. The van der Waals surface area contributed by atoms with Gasteiger partial charge in [0.25, 0.3) is 0 Å². The molecule has 3 nitrogen and oxygen atoms in total. The largest absolute Gasteiger partial charge is 0.356 e. The molecule has 0 aliphatic heterocycles. The van der Waals surface area contributed by atoms with E-state index < -0.39 is 0 Å². The van der Waals surface area contributed by atoms with Gasteiger partial charge in [0.1, 0.15) is 5.69 Å². The molecule has 3 heteroatoms. The maximum atomic E-state index is 11.3. The average molecular weight is 319 g/mol. The van der Waals surface area contributed by atoms with Crippen molar-refractivity contribution in [3.63, 3.8) is 0 Å². The summed E-state index contributed by atoms with van der Waals surface area (Å²) >= 11 is 0. The van der Waals surface area contributed by atoms with Gasteiger partial charge in [-0.1, -0.05) is 67.0 Å². The molecule has 1 aromatic heterocycles. The molecule has 122 valence electrons. The first-order chi connectivity index (χ1) is 11.7. The van der Waals surface area contributed by atoms with Gasteiger partial charge < -0.3 is 4.52 Å². The number of hydrogen-bond acceptors (Lipinski definition) is 3. The summed E-state index contributed by atoms with van der Waals surface area (Å²) in [6.07, 6.45) is 3.53. The van der Waals surface area contributed by atoms with Crippen molar-refractivity contribution in [2.45, 2.75) is 33.1 Å². The monoisotopic (exact) mass is 319 g/mol. The minimum atomic E-state index is 0.0607. The average Bonchev–Trinajstić information content (AvgIpc) is 3.10. The Hall–Kier alpha value is -2.68. The number of rotatable bonds is 6. The van der Waals surface area contributed by atoms with E-state index in [1.54, 1.807) is 6.92 Å². The van der Waals surface area contributed by atoms with Gasteiger partial charge in [-0.25, -0.2) is 0 Å². The van der Waals surface area contributed by atoms with Crippen molar-refractivity contribution in [3.05, 3.63) is 65.7 Å². The predicted octanol–water partition coefficient (Wildman–Crippen LogP) is 5.55. The molecule has 0 aliphatic carbocycles. The lowest BCUT2D eigenvalue weighted by atomic mass is 10.0. The Bertz CT molecular complexity index is 814. The van der Waals surface area contributed by atoms with Gasteiger partial charge in [0.05, 0.1) is 0 Å². The Labute approximate surface area is 142 Å². The third-order valence-corrected chi connectivity index (χ3v) is 4.15. The lowest BCUT2D eigenvalue weighted by molar-refractivity contribution is 0.101. The first-order valence-corrected chi connectivity index (χ1v) is 8.35. The van der Waals surface area contributed by atoms with Crippen LogP contribution in [0.25, 0.3) is 22.6 Å². The molecule has 2 aromatic carbocycles. The molecule has 0 spiro atoms. The number of carbonyl (C=O) groups excluding carboxylic acids is 1. The lowest BCUT2D eigenvalue weighted by Gasteiger charge is -2.00. The molecule has 0 fully saturated rings. The third-order valence-electron chi connectivity index (χ3n) is 4.15. The van der Waals surface area contributed by atoms with Crippen LogP contribution in [-0.4, -0.2) is 10.9 Å². The highest BCUT2D eigenvalue weighted by Gasteiger charge is 2.09. The van der Waals surface area contributed by atoms with Crippen LogP contribution >= 0.6 is 0 Å². The smallest absolute Gasteiger partial charge is 0.167 e. The second kappa shape index (κ2) is 7.26. The summed E-state index contributed by atoms with van der Waals surface area (Å²) in [6, 6.07) is 17.8. The normalized spacial score (nSPS) is 10.8. The summed E-state index contributed by atoms with van der Waals surface area (Å²) in [5.41, 5.74) is 4.78. The maximum absolute atomic E-state index is 11.3. The van der Waals surface area contributed by atoms with Crippen molar-refractivity contribution in [3.8, 4) is 22.6 Å². The zero-order chi connectivity index (χ0) is 16.9. The summed E-state index contributed by atoms with van der Waals surface area (Å²) < 4.78 is 5.49. The van der Waals surface area contributed by atoms with Crippen molar-refractivity contribution in [1.82, 2.24) is 5.16 Å². The standard InChI is InChI=1S/C21H21NO2/c1-3-4-5-16-6-8-19(9-7-16)21-14-20(22-24-21)18-12-10-17(11-13-18)15(2)23/h6-14H,3-5H2,1-2H3. The van der Waals surface area contributed by atoms with Gasteiger partial charge >= 0.3 is 0 Å². The van der Waals surface area contributed by atoms with E-state index in [4.69, 9.17) is 4.52 Å². The van der Waals surface area contributed by atoms with Crippen LogP contribution in [0, 0.1) is 0 Å². The number of nitrogens with zero attached hydrogens (tertiary/aromatic N) is 1. The molecule has 0 saturated carbocycles. The van der Waals surface area contributed by atoms with Gasteiger partial charge in [-0.2, -0.15) is 0 Å². The second-order valence-electron chi connectivity index (χ2n) is 6.01. The number of unbranched alkanes of at least 4 members (excludes halogenated alkanes) is 1. The lowest BCUT2D eigenvalue weighted by Crippen LogP contribution is -1.90. The number of hydrogen-bond donors (Lipinski definition) is 0. The Morgan fingerprint density at radius 2 is 1.67 bits per heavy atom. The molecular weight excluding hydrogens is 298 g/mol. The number of aryl methyl sites for hydroxylation is 1. The van der Waals surface area contributed by atoms with Crippen molar-refractivity contribution in [1.29, 1.82) is 0 Å². The van der Waals surface area contributed by atoms with Gasteiger partial charge in [-0.05, 0) is 25.3 Å². The van der Waals surface area contributed by atoms with Gasteiger partial charge in [0.15, 0.2) is 11.5 Å². The first kappa shape index (κ1) is 16.2. The second-order valence-corrected chi connectivity index (χ2v) is 6.01. The highest BCUT2D eigenvalue weighted by molar-refractivity contribution is 5.94. The Balaban J connectivity index is 1.78. The van der Waals surface area contributed by atoms with Crippen molar-refractivity contribution >= 4 is 5.78 Å². The van der Waals surface area contributed by atoms with E-state index in [1.807, 2.05) is 30.3 Å². The molecule has 0 radical (unpaired) electrons. The molecule has 0 amide bonds. The SMILES string of the molecule is CCCCc1ccc(-c2cc(-c3ccc(C(C)=O)cc3)no2)cc1. The van der Waals surface area contributed by atoms with E-state index in [1.165, 1.54) is 18.4 Å². The van der Waals surface area contributed by atoms with E-state index in [0.717, 1.165) is 29.0 Å². The van der Waals surface area contributed by atoms with Crippen molar-refractivity contribution in [2.75, 3.05) is 0 Å². The summed E-state index contributed by atoms with van der Waals surface area (Å²) in [7, 11) is 0. The van der Waals surface area contributed by atoms with Crippen LogP contribution in [0.5, 0.6) is 0 Å². The molecule has 0 unspecified atom stereocenters. The molecular formula is C21H21NO2. The Morgan fingerprint density at radius 3 is 2.29 bits per heavy atom. The summed E-state index contributed by atoms with van der Waals surface area (Å²) in [5, 5.41) is 4.15. The van der Waals surface area contributed by atoms with Gasteiger partial charge in [0, 0.05) is 22.8 Å². The topological polar surface area (TPSA) is 43.1 Å². The van der Waals surface area contributed by atoms with Gasteiger partial charge in [-0.15, -0.1) is 0 Å². The molecule has 1 heterocycles. The zero-order valence-corrected chi connectivity index (χ0v) is 14.1. The quantitative estimate of drug-likeness (QED) is 0.559. The van der Waals surface area contributed by atoms with Crippen molar-refractivity contribution < 1.29 is 9.32 Å². The molecule has 0 saturated heterocycles. The fourth-order valence-corrected chi connectivity index (χ4v) is 2.64. The minimum absolute atomic E-state index is 0.0607. The fraction of sp³-hybridized carbons (Fsp3) is 0.238. The third kappa shape index (κ3) is 3.62. The molecule has 3 rings (SSSR count). The van der Waals surface area contributed by atoms with Gasteiger partial charge in [0.2, 0.25) is 0 Å². The number of ketones is 1. The summed E-state index contributed by atoms with van der Waals surface area (Å²) in [4.78, 5) is 11.3. The fourth-order valence-electron chi connectivity index (χ4n) is 2.64. The zero-order valence-electron chi connectivity index (χ0n) is 14.1. The van der Waals surface area contributed by atoms with Crippen LogP contribution in [0.3, 0.4) is 0 Å². The Morgan fingerprint density at radius 1 is 1.00 bits per heavy atom. The van der Waals surface area contributed by atoms with E-state index in [-0.39, 0.29) is 5.78 Å². The van der Waals surface area contributed by atoms with Crippen LogP contribution in [0.4, 0.5) is 0 Å². The van der Waals surface area contributed by atoms with Crippen LogP contribution in [0.1, 0.15) is 42.6 Å². The van der Waals surface area contributed by atoms with Crippen LogP contribution < -0.4 is 0 Å². The number of aromatic nitrogens is 1. The predicted molar refractivity (Wildman–Crippen MR) is 96.0 cm³/mol. The maximum Gasteiger partial charge on any atom is 0.167 e. The number of benzene rings is 2. The minimum Gasteiger partial charge on any atom is -0.356 e. The van der Waals surface area contributed by atoms with Crippen LogP contribution in [-0.2, 0) is 6.42 Å². The molecule has 3 aromatic rings. The summed E-state index contributed by atoms with van der Waals surface area (Å²) in [6.45, 7) is 3.76. The number of carbonyl (C=O) groups is 1. The molecule has 24 heavy (non-hydrogen) atoms. The van der Waals surface area contributed by atoms with Crippen LogP contribution in [0.2, 0.25) is 0 Å². The van der Waals surface area contributed by atoms with Crippen molar-refractivity contribution in [2.24, 2.45) is 0 Å². The van der Waals surface area contributed by atoms with E-state index >= 15 is 0 Å². The van der Waals surface area contributed by atoms with Crippen LogP contribution in [0.15, 0.2) is 59.1 Å². The Kier molecular flexibility index (Phi) is 4.90. The highest BCUT2D eigenvalue weighted by atomic mass is 16.5. The van der Waals surface area contributed by atoms with E-state index in [0.29, 0.717) is 5.56 Å². The first-order valence-electron chi connectivity index (χ1n) is 8.35. The van der Waals surface area contributed by atoms with Gasteiger partial charge in [-0.3, -0.25) is 4.79 Å². The summed E-state index contributed by atoms with van der Waals surface area (Å²) in [5.74, 6) is 0.813.